The van der Waals surface area contributed by atoms with Gasteiger partial charge in [-0.15, -0.1) is 0 Å². The molecule has 2 aromatic rings. The smallest absolute Gasteiger partial charge is 0.125 e. The van der Waals surface area contributed by atoms with Gasteiger partial charge in [0.1, 0.15) is 5.82 Å². The molecule has 2 aromatic carbocycles. The number of benzene rings is 2. The van der Waals surface area contributed by atoms with Crippen LogP contribution in [0.1, 0.15) is 26.3 Å². The van der Waals surface area contributed by atoms with Gasteiger partial charge in [0.2, 0.25) is 0 Å². The lowest BCUT2D eigenvalue weighted by Gasteiger charge is -2.22. The second kappa shape index (κ2) is 6.27. The Kier molecular flexibility index (Phi) is 4.63. The summed E-state index contributed by atoms with van der Waals surface area (Å²) in [6, 6.07) is 14.9. The Labute approximate surface area is 126 Å². The third-order valence-corrected chi connectivity index (χ3v) is 3.34. The average Bonchev–Trinajstić information content (AvgIpc) is 2.44. The van der Waals surface area contributed by atoms with Crippen LogP contribution in [0.25, 0.3) is 0 Å². The summed E-state index contributed by atoms with van der Waals surface area (Å²) in [6.45, 7) is 7.30. The molecule has 1 N–H and O–H groups in total. The minimum Gasteiger partial charge on any atom is -0.345 e. The molecule has 0 bridgehead atoms. The largest absolute Gasteiger partial charge is 0.345 e. The second-order valence-electron chi connectivity index (χ2n) is 6.31. The highest BCUT2D eigenvalue weighted by atomic mass is 19.1. The molecule has 2 rings (SSSR count). The third-order valence-electron chi connectivity index (χ3n) is 3.34. The third kappa shape index (κ3) is 4.57. The van der Waals surface area contributed by atoms with Crippen LogP contribution in [0.4, 0.5) is 15.8 Å². The van der Waals surface area contributed by atoms with E-state index < -0.39 is 0 Å². The molecule has 0 amide bonds. The first kappa shape index (κ1) is 15.5. The maximum atomic E-state index is 13.3. The maximum Gasteiger partial charge on any atom is 0.125 e. The Balaban J connectivity index is 2.08. The van der Waals surface area contributed by atoms with Gasteiger partial charge in [0.05, 0.1) is 0 Å². The van der Waals surface area contributed by atoms with Crippen molar-refractivity contribution in [3.8, 4) is 0 Å². The summed E-state index contributed by atoms with van der Waals surface area (Å²) in [4.78, 5) is 1.98. The maximum absolute atomic E-state index is 13.3. The van der Waals surface area contributed by atoms with Gasteiger partial charge in [-0.1, -0.05) is 18.2 Å². The monoisotopic (exact) mass is 286 g/mol. The molecule has 0 heterocycles. The van der Waals surface area contributed by atoms with Gasteiger partial charge in [0.25, 0.3) is 0 Å². The molecular formula is C18H23FN2. The van der Waals surface area contributed by atoms with E-state index in [1.807, 2.05) is 18.0 Å². The predicted octanol–water partition coefficient (Wildman–Crippen LogP) is 4.48. The van der Waals surface area contributed by atoms with Crippen molar-refractivity contribution in [1.29, 1.82) is 0 Å². The molecular weight excluding hydrogens is 263 g/mol. The summed E-state index contributed by atoms with van der Waals surface area (Å²) in [7, 11) is 1.94. The normalized spacial score (nSPS) is 11.5. The van der Waals surface area contributed by atoms with E-state index in [1.165, 1.54) is 17.7 Å². The summed E-state index contributed by atoms with van der Waals surface area (Å²) in [5.41, 5.74) is 3.23. The van der Waals surface area contributed by atoms with Crippen molar-refractivity contribution in [2.45, 2.75) is 32.9 Å². The van der Waals surface area contributed by atoms with Crippen LogP contribution in [0, 0.1) is 5.82 Å². The van der Waals surface area contributed by atoms with Crippen LogP contribution in [0.5, 0.6) is 0 Å². The van der Waals surface area contributed by atoms with E-state index in [0.29, 0.717) is 0 Å². The first-order chi connectivity index (χ1) is 9.85. The fraction of sp³-hybridized carbons (Fsp3) is 0.333. The van der Waals surface area contributed by atoms with Gasteiger partial charge in [-0.25, -0.2) is 4.39 Å². The first-order valence-electron chi connectivity index (χ1n) is 7.18. The van der Waals surface area contributed by atoms with Crippen molar-refractivity contribution in [3.05, 3.63) is 59.9 Å². The molecule has 0 unspecified atom stereocenters. The molecule has 0 fully saturated rings. The molecule has 21 heavy (non-hydrogen) atoms. The van der Waals surface area contributed by atoms with Crippen LogP contribution in [0.3, 0.4) is 0 Å². The first-order valence-corrected chi connectivity index (χ1v) is 7.18. The highest BCUT2D eigenvalue weighted by molar-refractivity contribution is 5.62. The lowest BCUT2D eigenvalue weighted by atomic mass is 10.1. The Morgan fingerprint density at radius 3 is 2.24 bits per heavy atom. The van der Waals surface area contributed by atoms with Crippen molar-refractivity contribution in [2.24, 2.45) is 0 Å². The lowest BCUT2D eigenvalue weighted by Crippen LogP contribution is -2.35. The summed E-state index contributed by atoms with van der Waals surface area (Å²) >= 11 is 0. The van der Waals surface area contributed by atoms with E-state index in [4.69, 9.17) is 0 Å². The minimum atomic E-state index is -0.217. The predicted molar refractivity (Wildman–Crippen MR) is 87.5 cm³/mol. The van der Waals surface area contributed by atoms with E-state index in [9.17, 15) is 4.39 Å². The highest BCUT2D eigenvalue weighted by Crippen LogP contribution is 2.24. The molecule has 0 saturated carbocycles. The number of anilines is 2. The molecule has 0 aliphatic carbocycles. The Morgan fingerprint density at radius 1 is 1.00 bits per heavy atom. The van der Waals surface area contributed by atoms with Gasteiger partial charge < -0.3 is 10.2 Å². The standard InChI is InChI=1S/C18H23FN2/c1-18(2,3)20-13-14-8-10-16(11-9-14)21(4)17-7-5-6-15(19)12-17/h5-12,20H,13H2,1-4H3. The van der Waals surface area contributed by atoms with Crippen LogP contribution in [-0.4, -0.2) is 12.6 Å². The zero-order valence-corrected chi connectivity index (χ0v) is 13.2. The van der Waals surface area contributed by atoms with Crippen LogP contribution in [-0.2, 0) is 6.54 Å². The minimum absolute atomic E-state index is 0.108. The van der Waals surface area contributed by atoms with Crippen molar-refractivity contribution in [3.63, 3.8) is 0 Å². The van der Waals surface area contributed by atoms with Gasteiger partial charge >= 0.3 is 0 Å². The van der Waals surface area contributed by atoms with E-state index in [2.05, 4.69) is 50.4 Å². The average molecular weight is 286 g/mol. The van der Waals surface area contributed by atoms with Crippen molar-refractivity contribution in [2.75, 3.05) is 11.9 Å². The number of halogens is 1. The summed E-state index contributed by atoms with van der Waals surface area (Å²) in [5, 5.41) is 3.46. The van der Waals surface area contributed by atoms with Crippen molar-refractivity contribution >= 4 is 11.4 Å². The van der Waals surface area contributed by atoms with Crippen LogP contribution in [0.2, 0.25) is 0 Å². The molecule has 2 nitrogen and oxygen atoms in total. The topological polar surface area (TPSA) is 15.3 Å². The molecule has 0 atom stereocenters. The fourth-order valence-corrected chi connectivity index (χ4v) is 2.04. The van der Waals surface area contributed by atoms with E-state index >= 15 is 0 Å². The summed E-state index contributed by atoms with van der Waals surface area (Å²) in [5.74, 6) is -0.217. The van der Waals surface area contributed by atoms with E-state index in [1.54, 1.807) is 6.07 Å². The van der Waals surface area contributed by atoms with Crippen LogP contribution in [0.15, 0.2) is 48.5 Å². The number of hydrogen-bond acceptors (Lipinski definition) is 2. The van der Waals surface area contributed by atoms with Gasteiger partial charge in [-0.2, -0.15) is 0 Å². The fourth-order valence-electron chi connectivity index (χ4n) is 2.04. The van der Waals surface area contributed by atoms with Gasteiger partial charge in [-0.3, -0.25) is 0 Å². The second-order valence-corrected chi connectivity index (χ2v) is 6.31. The summed E-state index contributed by atoms with van der Waals surface area (Å²) in [6.07, 6.45) is 0. The molecule has 0 aliphatic rings. The molecule has 0 saturated heterocycles. The van der Waals surface area contributed by atoms with Gasteiger partial charge in [0, 0.05) is 30.5 Å². The molecule has 0 spiro atoms. The zero-order chi connectivity index (χ0) is 15.5. The molecule has 0 radical (unpaired) electrons. The molecule has 0 aliphatic heterocycles. The quantitative estimate of drug-likeness (QED) is 0.891. The SMILES string of the molecule is CN(c1ccc(CNC(C)(C)C)cc1)c1cccc(F)c1. The Bertz CT molecular complexity index is 585. The number of rotatable bonds is 4. The molecule has 3 heteroatoms. The number of nitrogens with zero attached hydrogens (tertiary/aromatic N) is 1. The van der Waals surface area contributed by atoms with Crippen molar-refractivity contribution in [1.82, 2.24) is 5.32 Å². The lowest BCUT2D eigenvalue weighted by molar-refractivity contribution is 0.424. The Morgan fingerprint density at radius 2 is 1.67 bits per heavy atom. The van der Waals surface area contributed by atoms with Crippen molar-refractivity contribution < 1.29 is 4.39 Å². The Hall–Kier alpha value is -1.87. The highest BCUT2D eigenvalue weighted by Gasteiger charge is 2.09. The van der Waals surface area contributed by atoms with Gasteiger partial charge in [0.15, 0.2) is 0 Å². The molecule has 112 valence electrons. The summed E-state index contributed by atoms with van der Waals surface area (Å²) < 4.78 is 13.3. The van der Waals surface area contributed by atoms with E-state index in [-0.39, 0.29) is 11.4 Å². The number of nitrogens with one attached hydrogen (secondary N) is 1. The van der Waals surface area contributed by atoms with E-state index in [0.717, 1.165) is 17.9 Å². The molecule has 0 aromatic heterocycles. The number of hydrogen-bond donors (Lipinski definition) is 1. The van der Waals surface area contributed by atoms with Gasteiger partial charge in [-0.05, 0) is 56.7 Å². The van der Waals surface area contributed by atoms with Crippen LogP contribution < -0.4 is 10.2 Å². The zero-order valence-electron chi connectivity index (χ0n) is 13.2. The van der Waals surface area contributed by atoms with Crippen LogP contribution >= 0.6 is 0 Å².